The summed E-state index contributed by atoms with van der Waals surface area (Å²) in [5, 5.41) is 7.18. The highest BCUT2D eigenvalue weighted by Crippen LogP contribution is 2.21. The van der Waals surface area contributed by atoms with Gasteiger partial charge in [0.2, 0.25) is 0 Å². The molecular formula is C21H22Cl2N4O4. The number of nitrogens with one attached hydrogen (secondary N) is 2. The van der Waals surface area contributed by atoms with Gasteiger partial charge < -0.3 is 15.8 Å². The number of benzene rings is 2. The van der Waals surface area contributed by atoms with Crippen LogP contribution in [0.4, 0.5) is 0 Å². The van der Waals surface area contributed by atoms with Crippen LogP contribution in [0.3, 0.4) is 0 Å². The van der Waals surface area contributed by atoms with Crippen LogP contribution in [-0.4, -0.2) is 36.6 Å². The first-order valence-electron chi connectivity index (χ1n) is 9.27. The first-order valence-corrected chi connectivity index (χ1v) is 10.0. The van der Waals surface area contributed by atoms with Gasteiger partial charge in [-0.1, -0.05) is 37.0 Å². The molecule has 0 aliphatic carbocycles. The summed E-state index contributed by atoms with van der Waals surface area (Å²) in [6.07, 6.45) is 1.44. The van der Waals surface area contributed by atoms with Gasteiger partial charge >= 0.3 is 0 Å². The molecule has 8 nitrogen and oxygen atoms in total. The molecule has 164 valence electrons. The van der Waals surface area contributed by atoms with Crippen LogP contribution >= 0.6 is 23.2 Å². The largest absolute Gasteiger partial charge is 0.484 e. The number of carbonyl (C=O) groups is 3. The second-order valence-corrected chi connectivity index (χ2v) is 7.72. The zero-order valence-corrected chi connectivity index (χ0v) is 18.4. The summed E-state index contributed by atoms with van der Waals surface area (Å²) in [5.74, 6) is -1.27. The normalized spacial score (nSPS) is 11.9. The van der Waals surface area contributed by atoms with Crippen molar-refractivity contribution in [1.29, 1.82) is 0 Å². The summed E-state index contributed by atoms with van der Waals surface area (Å²) in [6, 6.07) is 10.3. The van der Waals surface area contributed by atoms with Gasteiger partial charge in [0.05, 0.1) is 16.8 Å². The lowest BCUT2D eigenvalue weighted by atomic mass is 10.0. The summed E-state index contributed by atoms with van der Waals surface area (Å²) >= 11 is 11.9. The van der Waals surface area contributed by atoms with Crippen LogP contribution in [-0.2, 0) is 9.59 Å². The number of nitrogens with two attached hydrogens (primary N) is 1. The van der Waals surface area contributed by atoms with E-state index in [2.05, 4.69) is 15.8 Å². The zero-order valence-electron chi connectivity index (χ0n) is 16.9. The number of primary amides is 1. The van der Waals surface area contributed by atoms with Crippen LogP contribution in [0.25, 0.3) is 0 Å². The third-order valence-electron chi connectivity index (χ3n) is 4.06. The van der Waals surface area contributed by atoms with E-state index in [1.165, 1.54) is 18.3 Å². The maximum absolute atomic E-state index is 12.5. The highest BCUT2D eigenvalue weighted by atomic mass is 35.5. The van der Waals surface area contributed by atoms with Crippen LogP contribution in [0.1, 0.15) is 29.8 Å². The average Bonchev–Trinajstić information content (AvgIpc) is 2.70. The molecule has 0 saturated carbocycles. The molecule has 0 aromatic heterocycles. The fourth-order valence-corrected chi connectivity index (χ4v) is 2.97. The van der Waals surface area contributed by atoms with Gasteiger partial charge in [-0.3, -0.25) is 14.4 Å². The molecule has 2 rings (SSSR count). The van der Waals surface area contributed by atoms with E-state index in [1.807, 2.05) is 0 Å². The van der Waals surface area contributed by atoms with Crippen molar-refractivity contribution in [2.75, 3.05) is 6.61 Å². The maximum atomic E-state index is 12.5. The predicted molar refractivity (Wildman–Crippen MR) is 119 cm³/mol. The Morgan fingerprint density at radius 2 is 1.81 bits per heavy atom. The van der Waals surface area contributed by atoms with Gasteiger partial charge in [0.15, 0.2) is 6.61 Å². The van der Waals surface area contributed by atoms with Crippen LogP contribution in [0, 0.1) is 5.92 Å². The van der Waals surface area contributed by atoms with Crippen molar-refractivity contribution in [1.82, 2.24) is 10.7 Å². The van der Waals surface area contributed by atoms with Crippen LogP contribution in [0.5, 0.6) is 5.75 Å². The lowest BCUT2D eigenvalue weighted by molar-refractivity contribution is -0.124. The molecule has 31 heavy (non-hydrogen) atoms. The summed E-state index contributed by atoms with van der Waals surface area (Å²) in [7, 11) is 0. The Kier molecular flexibility index (Phi) is 8.84. The minimum Gasteiger partial charge on any atom is -0.484 e. The number of hydrogen-bond acceptors (Lipinski definition) is 5. The molecule has 0 bridgehead atoms. The lowest BCUT2D eigenvalue weighted by Crippen LogP contribution is -2.48. The van der Waals surface area contributed by atoms with Gasteiger partial charge in [0, 0.05) is 5.02 Å². The van der Waals surface area contributed by atoms with E-state index in [-0.39, 0.29) is 23.1 Å². The summed E-state index contributed by atoms with van der Waals surface area (Å²) in [4.78, 5) is 35.8. The molecule has 0 radical (unpaired) electrons. The molecule has 4 N–H and O–H groups in total. The van der Waals surface area contributed by atoms with Crippen molar-refractivity contribution < 1.29 is 19.1 Å². The summed E-state index contributed by atoms with van der Waals surface area (Å²) in [6.45, 7) is 3.37. The van der Waals surface area contributed by atoms with Crippen molar-refractivity contribution in [3.63, 3.8) is 0 Å². The minimum atomic E-state index is -0.832. The second-order valence-electron chi connectivity index (χ2n) is 6.88. The Hall–Kier alpha value is -3.10. The van der Waals surface area contributed by atoms with Gasteiger partial charge in [-0.05, 0) is 53.9 Å². The SMILES string of the molecule is CC(C)C(NC(=O)c1ccc(Cl)cc1Cl)C(=O)N/N=C/c1ccc(OCC(N)=O)cc1. The van der Waals surface area contributed by atoms with E-state index in [0.29, 0.717) is 16.3 Å². The van der Waals surface area contributed by atoms with Crippen molar-refractivity contribution >= 4 is 47.1 Å². The lowest BCUT2D eigenvalue weighted by Gasteiger charge is -2.20. The third-order valence-corrected chi connectivity index (χ3v) is 4.61. The molecule has 0 aliphatic heterocycles. The summed E-state index contributed by atoms with van der Waals surface area (Å²) < 4.78 is 5.17. The number of rotatable bonds is 9. The van der Waals surface area contributed by atoms with Gasteiger partial charge in [-0.25, -0.2) is 5.43 Å². The Morgan fingerprint density at radius 3 is 2.39 bits per heavy atom. The number of ether oxygens (including phenoxy) is 1. The summed E-state index contributed by atoms with van der Waals surface area (Å²) in [5.41, 5.74) is 8.34. The molecule has 0 saturated heterocycles. The zero-order chi connectivity index (χ0) is 23.0. The highest BCUT2D eigenvalue weighted by Gasteiger charge is 2.25. The molecule has 0 spiro atoms. The van der Waals surface area contributed by atoms with Gasteiger partial charge in [-0.15, -0.1) is 0 Å². The number of hydrogen-bond donors (Lipinski definition) is 3. The van der Waals surface area contributed by atoms with Crippen molar-refractivity contribution in [3.8, 4) is 5.75 Å². The molecule has 0 heterocycles. The highest BCUT2D eigenvalue weighted by molar-refractivity contribution is 6.36. The fourth-order valence-electron chi connectivity index (χ4n) is 2.47. The Bertz CT molecular complexity index is 978. The molecule has 3 amide bonds. The van der Waals surface area contributed by atoms with Crippen molar-refractivity contribution in [2.24, 2.45) is 16.8 Å². The van der Waals surface area contributed by atoms with E-state index in [9.17, 15) is 14.4 Å². The first kappa shape index (κ1) is 24.2. The fraction of sp³-hybridized carbons (Fsp3) is 0.238. The van der Waals surface area contributed by atoms with E-state index in [1.54, 1.807) is 44.2 Å². The second kappa shape index (κ2) is 11.3. The Morgan fingerprint density at radius 1 is 1.13 bits per heavy atom. The van der Waals surface area contributed by atoms with E-state index in [0.717, 1.165) is 0 Å². The molecule has 1 unspecified atom stereocenters. The third kappa shape index (κ3) is 7.58. The minimum absolute atomic E-state index is 0.189. The molecule has 2 aromatic rings. The maximum Gasteiger partial charge on any atom is 0.262 e. The number of hydrazone groups is 1. The van der Waals surface area contributed by atoms with Crippen LogP contribution in [0.15, 0.2) is 47.6 Å². The number of nitrogens with zero attached hydrogens (tertiary/aromatic N) is 1. The molecule has 10 heteroatoms. The molecular weight excluding hydrogens is 443 g/mol. The van der Waals surface area contributed by atoms with E-state index < -0.39 is 23.8 Å². The number of amides is 3. The average molecular weight is 465 g/mol. The van der Waals surface area contributed by atoms with Gasteiger partial charge in [0.25, 0.3) is 17.7 Å². The van der Waals surface area contributed by atoms with Crippen molar-refractivity contribution in [2.45, 2.75) is 19.9 Å². The van der Waals surface area contributed by atoms with Crippen LogP contribution in [0.2, 0.25) is 10.0 Å². The van der Waals surface area contributed by atoms with Crippen LogP contribution < -0.4 is 21.2 Å². The Labute approximate surface area is 189 Å². The molecule has 0 aliphatic rings. The van der Waals surface area contributed by atoms with Gasteiger partial charge in [-0.2, -0.15) is 5.10 Å². The molecule has 0 fully saturated rings. The molecule has 1 atom stereocenters. The molecule has 2 aromatic carbocycles. The standard InChI is InChI=1S/C21H22Cl2N4O4/c1-12(2)19(26-20(29)16-8-5-14(22)9-17(16)23)21(30)27-25-10-13-3-6-15(7-4-13)31-11-18(24)28/h3-10,12,19H,11H2,1-2H3,(H2,24,28)(H,26,29)(H,27,30)/b25-10+. The Balaban J connectivity index is 1.97. The van der Waals surface area contributed by atoms with E-state index in [4.69, 9.17) is 33.7 Å². The quantitative estimate of drug-likeness (QED) is 0.389. The topological polar surface area (TPSA) is 123 Å². The van der Waals surface area contributed by atoms with Gasteiger partial charge in [0.1, 0.15) is 11.8 Å². The smallest absolute Gasteiger partial charge is 0.262 e. The monoisotopic (exact) mass is 464 g/mol. The van der Waals surface area contributed by atoms with Crippen molar-refractivity contribution in [3.05, 3.63) is 63.6 Å². The predicted octanol–water partition coefficient (Wildman–Crippen LogP) is 2.76. The first-order chi connectivity index (χ1) is 14.7. The number of carbonyl (C=O) groups excluding carboxylic acids is 3. The van der Waals surface area contributed by atoms with E-state index >= 15 is 0 Å². The number of halogens is 2.